The average Bonchev–Trinajstić information content (AvgIpc) is 2.31. The highest BCUT2D eigenvalue weighted by Gasteiger charge is 2.13. The van der Waals surface area contributed by atoms with Gasteiger partial charge in [0.05, 0.1) is 18.3 Å². The molecule has 1 atom stereocenters. The molecule has 0 spiro atoms. The molecule has 0 fully saturated rings. The minimum absolute atomic E-state index is 0. The highest BCUT2D eigenvalue weighted by Crippen LogP contribution is 2.25. The molecular weight excluding hydrogens is 252 g/mol. The number of nitrogens with one attached hydrogen (secondary N) is 1. The largest absolute Gasteiger partial charge is 0.492 e. The van der Waals surface area contributed by atoms with E-state index in [-0.39, 0.29) is 18.3 Å². The number of rotatable bonds is 5. The molecule has 0 bridgehead atoms. The molecule has 0 aliphatic heterocycles. The quantitative estimate of drug-likeness (QED) is 0.866. The van der Waals surface area contributed by atoms with Gasteiger partial charge in [-0.25, -0.2) is 0 Å². The maximum atomic E-state index is 11.7. The minimum Gasteiger partial charge on any atom is -0.492 e. The molecule has 102 valence electrons. The van der Waals surface area contributed by atoms with Crippen molar-refractivity contribution in [3.8, 4) is 5.75 Å². The number of carbonyl (C=O) groups is 1. The summed E-state index contributed by atoms with van der Waals surface area (Å²) in [5.41, 5.74) is 7.43. The third kappa shape index (κ3) is 4.55. The van der Waals surface area contributed by atoms with Crippen molar-refractivity contribution in [2.45, 2.75) is 33.2 Å². The van der Waals surface area contributed by atoms with Gasteiger partial charge >= 0.3 is 0 Å². The molecule has 1 rings (SSSR count). The van der Waals surface area contributed by atoms with Gasteiger partial charge in [-0.2, -0.15) is 0 Å². The molecule has 0 aromatic heterocycles. The third-order valence-electron chi connectivity index (χ3n) is 2.47. The lowest BCUT2D eigenvalue weighted by Crippen LogP contribution is -2.34. The molecule has 1 aromatic rings. The second kappa shape index (κ2) is 7.95. The predicted molar refractivity (Wildman–Crippen MR) is 76.5 cm³/mol. The van der Waals surface area contributed by atoms with E-state index >= 15 is 0 Å². The summed E-state index contributed by atoms with van der Waals surface area (Å²) < 4.78 is 5.48. The Labute approximate surface area is 114 Å². The topological polar surface area (TPSA) is 64.3 Å². The average molecular weight is 273 g/mol. The van der Waals surface area contributed by atoms with Crippen molar-refractivity contribution in [2.24, 2.45) is 5.73 Å². The first kappa shape index (κ1) is 16.7. The minimum atomic E-state index is -0.481. The Morgan fingerprint density at radius 1 is 1.44 bits per heavy atom. The molecule has 1 amide bonds. The van der Waals surface area contributed by atoms with Gasteiger partial charge in [0, 0.05) is 0 Å². The molecule has 0 unspecified atom stereocenters. The number of hydrogen-bond acceptors (Lipinski definition) is 3. The van der Waals surface area contributed by atoms with Crippen LogP contribution in [0.3, 0.4) is 0 Å². The third-order valence-corrected chi connectivity index (χ3v) is 2.47. The summed E-state index contributed by atoms with van der Waals surface area (Å²) in [4.78, 5) is 11.7. The summed E-state index contributed by atoms with van der Waals surface area (Å²) >= 11 is 0. The van der Waals surface area contributed by atoms with Gasteiger partial charge in [0.1, 0.15) is 5.75 Å². The van der Waals surface area contributed by atoms with Crippen LogP contribution < -0.4 is 15.8 Å². The van der Waals surface area contributed by atoms with Gasteiger partial charge in [0.15, 0.2) is 0 Å². The maximum absolute atomic E-state index is 11.7. The van der Waals surface area contributed by atoms with Crippen LogP contribution in [0.25, 0.3) is 0 Å². The summed E-state index contributed by atoms with van der Waals surface area (Å²) in [5.74, 6) is 0.501. The van der Waals surface area contributed by atoms with Crippen LogP contribution in [0, 0.1) is 6.92 Å². The number of benzene rings is 1. The number of hydrogen-bond donors (Lipinski definition) is 2. The molecule has 3 N–H and O–H groups in total. The number of amides is 1. The van der Waals surface area contributed by atoms with Gasteiger partial charge < -0.3 is 15.8 Å². The van der Waals surface area contributed by atoms with Crippen molar-refractivity contribution in [1.82, 2.24) is 0 Å². The number of ether oxygens (including phenoxy) is 1. The summed E-state index contributed by atoms with van der Waals surface area (Å²) in [7, 11) is 0. The molecule has 0 radical (unpaired) electrons. The van der Waals surface area contributed by atoms with E-state index in [4.69, 9.17) is 10.5 Å². The Morgan fingerprint density at radius 2 is 2.11 bits per heavy atom. The molecule has 0 aliphatic rings. The fourth-order valence-electron chi connectivity index (χ4n) is 1.42. The summed E-state index contributed by atoms with van der Waals surface area (Å²) in [6.07, 6.45) is 0.613. The molecule has 5 heteroatoms. The Morgan fingerprint density at radius 3 is 2.67 bits per heavy atom. The normalized spacial score (nSPS) is 11.3. The molecule has 0 heterocycles. The highest BCUT2D eigenvalue weighted by atomic mass is 35.5. The lowest BCUT2D eigenvalue weighted by molar-refractivity contribution is -0.117. The van der Waals surface area contributed by atoms with E-state index in [9.17, 15) is 4.79 Å². The van der Waals surface area contributed by atoms with Gasteiger partial charge in [-0.3, -0.25) is 4.79 Å². The van der Waals surface area contributed by atoms with E-state index in [1.165, 1.54) is 0 Å². The van der Waals surface area contributed by atoms with Crippen LogP contribution in [0.5, 0.6) is 5.75 Å². The van der Waals surface area contributed by atoms with Crippen molar-refractivity contribution in [1.29, 1.82) is 0 Å². The number of carbonyl (C=O) groups excluding carboxylic acids is 1. The van der Waals surface area contributed by atoms with Crippen molar-refractivity contribution in [3.63, 3.8) is 0 Å². The monoisotopic (exact) mass is 272 g/mol. The number of nitrogens with two attached hydrogens (primary N) is 1. The fourth-order valence-corrected chi connectivity index (χ4v) is 1.42. The van der Waals surface area contributed by atoms with E-state index < -0.39 is 6.04 Å². The zero-order chi connectivity index (χ0) is 12.8. The molecule has 0 saturated heterocycles. The van der Waals surface area contributed by atoms with E-state index in [0.29, 0.717) is 24.5 Å². The van der Waals surface area contributed by atoms with E-state index in [1.807, 2.05) is 39.0 Å². The SMILES string of the molecule is CCOc1cc(C)ccc1NC(=O)[C@@H](N)CC.Cl. The Balaban J connectivity index is 0.00000289. The Hall–Kier alpha value is -1.26. The first-order valence-electron chi connectivity index (χ1n) is 5.88. The van der Waals surface area contributed by atoms with E-state index in [2.05, 4.69) is 5.32 Å². The molecule has 0 saturated carbocycles. The lowest BCUT2D eigenvalue weighted by atomic mass is 10.2. The van der Waals surface area contributed by atoms with Gasteiger partial charge in [-0.1, -0.05) is 13.0 Å². The van der Waals surface area contributed by atoms with E-state index in [1.54, 1.807) is 0 Å². The number of anilines is 1. The standard InChI is InChI=1S/C13H20N2O2.ClH/c1-4-10(14)13(16)15-11-7-6-9(3)8-12(11)17-5-2;/h6-8,10H,4-5,14H2,1-3H3,(H,15,16);1H/t10-;/m0./s1. The van der Waals surface area contributed by atoms with E-state index in [0.717, 1.165) is 5.56 Å². The first-order valence-corrected chi connectivity index (χ1v) is 5.88. The first-order chi connectivity index (χ1) is 8.08. The van der Waals surface area contributed by atoms with Gasteiger partial charge in [-0.05, 0) is 38.0 Å². The molecule has 1 aromatic carbocycles. The van der Waals surface area contributed by atoms with Crippen molar-refractivity contribution >= 4 is 24.0 Å². The van der Waals surface area contributed by atoms with Crippen LogP contribution in [0.15, 0.2) is 18.2 Å². The Bertz CT molecular complexity index is 397. The van der Waals surface area contributed by atoms with Gasteiger partial charge in [0.25, 0.3) is 0 Å². The lowest BCUT2D eigenvalue weighted by Gasteiger charge is -2.14. The molecule has 4 nitrogen and oxygen atoms in total. The zero-order valence-electron chi connectivity index (χ0n) is 11.0. The Kier molecular flexibility index (Phi) is 7.39. The molecule has 18 heavy (non-hydrogen) atoms. The summed E-state index contributed by atoms with van der Waals surface area (Å²) in [6, 6.07) is 5.18. The van der Waals surface area contributed by atoms with Gasteiger partial charge in [-0.15, -0.1) is 12.4 Å². The molecular formula is C13H21ClN2O2. The van der Waals surface area contributed by atoms with Crippen LogP contribution in [0.4, 0.5) is 5.69 Å². The van der Waals surface area contributed by atoms with Crippen LogP contribution >= 0.6 is 12.4 Å². The van der Waals surface area contributed by atoms with Crippen LogP contribution in [-0.4, -0.2) is 18.6 Å². The maximum Gasteiger partial charge on any atom is 0.241 e. The smallest absolute Gasteiger partial charge is 0.241 e. The van der Waals surface area contributed by atoms with Crippen molar-refractivity contribution < 1.29 is 9.53 Å². The van der Waals surface area contributed by atoms with Gasteiger partial charge in [0.2, 0.25) is 5.91 Å². The van der Waals surface area contributed by atoms with Crippen LogP contribution in [-0.2, 0) is 4.79 Å². The number of aryl methyl sites for hydroxylation is 1. The summed E-state index contributed by atoms with van der Waals surface area (Å²) in [5, 5.41) is 2.78. The number of halogens is 1. The fraction of sp³-hybridized carbons (Fsp3) is 0.462. The van der Waals surface area contributed by atoms with Crippen molar-refractivity contribution in [2.75, 3.05) is 11.9 Å². The van der Waals surface area contributed by atoms with Crippen LogP contribution in [0.2, 0.25) is 0 Å². The second-order valence-corrected chi connectivity index (χ2v) is 3.94. The second-order valence-electron chi connectivity index (χ2n) is 3.94. The predicted octanol–water partition coefficient (Wildman–Crippen LogP) is 2.49. The highest BCUT2D eigenvalue weighted by molar-refractivity contribution is 5.95. The van der Waals surface area contributed by atoms with Crippen LogP contribution in [0.1, 0.15) is 25.8 Å². The summed E-state index contributed by atoms with van der Waals surface area (Å²) in [6.45, 7) is 6.33. The molecule has 0 aliphatic carbocycles. The zero-order valence-corrected chi connectivity index (χ0v) is 11.8. The van der Waals surface area contributed by atoms with Crippen molar-refractivity contribution in [3.05, 3.63) is 23.8 Å².